The molecule has 0 saturated carbocycles. The molecule has 4 aromatic carbocycles. The van der Waals surface area contributed by atoms with E-state index in [0.717, 1.165) is 33.4 Å². The van der Waals surface area contributed by atoms with Gasteiger partial charge < -0.3 is 25.4 Å². The summed E-state index contributed by atoms with van der Waals surface area (Å²) in [4.78, 5) is 52.3. The molecule has 1 atom stereocenters. The lowest BCUT2D eigenvalue weighted by atomic mass is 9.98. The van der Waals surface area contributed by atoms with E-state index >= 15 is 0 Å². The molecule has 0 saturated heterocycles. The largest absolute Gasteiger partial charge is 0.460 e. The topological polar surface area (TPSA) is 147 Å². The Morgan fingerprint density at radius 1 is 0.784 bits per heavy atom. The number of esters is 1. The van der Waals surface area contributed by atoms with E-state index in [2.05, 4.69) is 33.1 Å². The van der Waals surface area contributed by atoms with Crippen LogP contribution in [0.4, 0.5) is 9.59 Å². The molecule has 4 aromatic rings. The second-order valence-electron chi connectivity index (χ2n) is 11.8. The molecule has 0 fully saturated rings. The monoisotopic (exact) mass is 687 g/mol. The SMILES string of the molecule is C=CCOC(=O)CNC(=O)C(=NNC(=O)NC(c1ccccc1)c1ccccc1)C(CCC)NC(=O)OCC1c2ccccc2-c2ccccc21. The number of nitrogens with zero attached hydrogens (tertiary/aromatic N) is 1. The van der Waals surface area contributed by atoms with Crippen molar-refractivity contribution in [2.75, 3.05) is 19.8 Å². The van der Waals surface area contributed by atoms with Crippen LogP contribution in [0, 0.1) is 0 Å². The Balaban J connectivity index is 1.33. The maximum absolute atomic E-state index is 13.5. The zero-order valence-corrected chi connectivity index (χ0v) is 28.3. The van der Waals surface area contributed by atoms with E-state index in [1.54, 1.807) is 0 Å². The van der Waals surface area contributed by atoms with Gasteiger partial charge in [0.1, 0.15) is 25.5 Å². The second kappa shape index (κ2) is 18.0. The summed E-state index contributed by atoms with van der Waals surface area (Å²) in [6.45, 7) is 4.95. The van der Waals surface area contributed by atoms with Crippen molar-refractivity contribution in [3.63, 3.8) is 0 Å². The van der Waals surface area contributed by atoms with E-state index in [0.29, 0.717) is 6.42 Å². The van der Waals surface area contributed by atoms with E-state index < -0.39 is 42.6 Å². The quantitative estimate of drug-likeness (QED) is 0.0523. The molecule has 11 heteroatoms. The molecule has 1 aliphatic rings. The first kappa shape index (κ1) is 36.1. The van der Waals surface area contributed by atoms with Gasteiger partial charge in [0.15, 0.2) is 0 Å². The fourth-order valence-corrected chi connectivity index (χ4v) is 6.01. The minimum Gasteiger partial charge on any atom is -0.460 e. The maximum Gasteiger partial charge on any atom is 0.407 e. The number of alkyl carbamates (subject to hydrolysis) is 1. The molecule has 262 valence electrons. The summed E-state index contributed by atoms with van der Waals surface area (Å²) >= 11 is 0. The average Bonchev–Trinajstić information content (AvgIpc) is 3.48. The number of benzene rings is 4. The third-order valence-electron chi connectivity index (χ3n) is 8.35. The standard InChI is InChI=1S/C40H41N5O6/c1-3-15-34(42-40(49)51-26-33-31-22-13-11-20-29(31)30-21-12-14-23-32(30)33)37(38(47)41-25-35(46)50-24-4-2)44-45-39(48)43-36(27-16-7-5-8-17-27)28-18-9-6-10-19-28/h4-14,16-23,33-34,36H,2-3,15,24-26H2,1H3,(H,41,47)(H,42,49)(H2,43,45,48). The van der Waals surface area contributed by atoms with Crippen molar-refractivity contribution in [3.8, 4) is 11.1 Å². The summed E-state index contributed by atoms with van der Waals surface area (Å²) in [5.41, 5.74) is 8.16. The van der Waals surface area contributed by atoms with Crippen molar-refractivity contribution in [3.05, 3.63) is 144 Å². The molecule has 51 heavy (non-hydrogen) atoms. The minimum absolute atomic E-state index is 0.0246. The lowest BCUT2D eigenvalue weighted by Gasteiger charge is -2.22. The maximum atomic E-state index is 13.5. The van der Waals surface area contributed by atoms with Gasteiger partial charge in [-0.2, -0.15) is 5.10 Å². The first-order chi connectivity index (χ1) is 24.9. The highest BCUT2D eigenvalue weighted by molar-refractivity contribution is 6.41. The summed E-state index contributed by atoms with van der Waals surface area (Å²) in [5.74, 6) is -1.65. The average molecular weight is 688 g/mol. The van der Waals surface area contributed by atoms with Crippen LogP contribution in [-0.4, -0.2) is 55.5 Å². The van der Waals surface area contributed by atoms with Gasteiger partial charge in [0.2, 0.25) is 0 Å². The minimum atomic E-state index is -0.978. The summed E-state index contributed by atoms with van der Waals surface area (Å²) in [7, 11) is 0. The van der Waals surface area contributed by atoms with Crippen molar-refractivity contribution < 1.29 is 28.7 Å². The van der Waals surface area contributed by atoms with Gasteiger partial charge in [0, 0.05) is 5.92 Å². The van der Waals surface area contributed by atoms with Crippen LogP contribution in [-0.2, 0) is 19.1 Å². The number of fused-ring (bicyclic) bond motifs is 3. The fourth-order valence-electron chi connectivity index (χ4n) is 6.01. The predicted octanol–water partition coefficient (Wildman–Crippen LogP) is 5.98. The molecule has 5 rings (SSSR count). The molecule has 11 nitrogen and oxygen atoms in total. The third kappa shape index (κ3) is 9.48. The highest BCUT2D eigenvalue weighted by atomic mass is 16.5. The van der Waals surface area contributed by atoms with Gasteiger partial charge in [-0.15, -0.1) is 0 Å². The summed E-state index contributed by atoms with van der Waals surface area (Å²) in [6.07, 6.45) is 1.46. The Bertz CT molecular complexity index is 1780. The predicted molar refractivity (Wildman–Crippen MR) is 195 cm³/mol. The molecule has 4 amide bonds. The van der Waals surface area contributed by atoms with Crippen molar-refractivity contribution in [1.29, 1.82) is 0 Å². The van der Waals surface area contributed by atoms with E-state index in [1.807, 2.05) is 116 Å². The zero-order valence-electron chi connectivity index (χ0n) is 28.3. The number of hydrogen-bond acceptors (Lipinski definition) is 7. The molecule has 0 heterocycles. The van der Waals surface area contributed by atoms with Crippen LogP contribution >= 0.6 is 0 Å². The van der Waals surface area contributed by atoms with E-state index in [9.17, 15) is 19.2 Å². The van der Waals surface area contributed by atoms with Crippen LogP contribution in [0.5, 0.6) is 0 Å². The Labute approximate surface area is 297 Å². The molecule has 0 aliphatic heterocycles. The molecule has 0 aromatic heterocycles. The Morgan fingerprint density at radius 3 is 1.92 bits per heavy atom. The number of ether oxygens (including phenoxy) is 2. The first-order valence-electron chi connectivity index (χ1n) is 16.8. The molecular formula is C40H41N5O6. The van der Waals surface area contributed by atoms with Gasteiger partial charge in [-0.3, -0.25) is 9.59 Å². The molecule has 0 radical (unpaired) electrons. The van der Waals surface area contributed by atoms with Crippen LogP contribution in [0.2, 0.25) is 0 Å². The first-order valence-corrected chi connectivity index (χ1v) is 16.8. The Hall–Kier alpha value is -6.23. The Kier molecular flexibility index (Phi) is 12.7. The zero-order chi connectivity index (χ0) is 36.0. The third-order valence-corrected chi connectivity index (χ3v) is 8.35. The molecule has 4 N–H and O–H groups in total. The Morgan fingerprint density at radius 2 is 1.35 bits per heavy atom. The number of hydrogen-bond donors (Lipinski definition) is 4. The number of rotatable bonds is 15. The lowest BCUT2D eigenvalue weighted by molar-refractivity contribution is -0.142. The fraction of sp³-hybridized carbons (Fsp3) is 0.225. The van der Waals surface area contributed by atoms with Gasteiger partial charge in [0.25, 0.3) is 5.91 Å². The number of hydrazone groups is 1. The van der Waals surface area contributed by atoms with Crippen LogP contribution < -0.4 is 21.4 Å². The van der Waals surface area contributed by atoms with Crippen molar-refractivity contribution in [2.24, 2.45) is 5.10 Å². The summed E-state index contributed by atoms with van der Waals surface area (Å²) in [6, 6.07) is 32.6. The summed E-state index contributed by atoms with van der Waals surface area (Å²) in [5, 5.41) is 12.3. The van der Waals surface area contributed by atoms with Gasteiger partial charge >= 0.3 is 18.1 Å². The van der Waals surface area contributed by atoms with Crippen molar-refractivity contribution in [2.45, 2.75) is 37.8 Å². The van der Waals surface area contributed by atoms with Gasteiger partial charge in [-0.1, -0.05) is 135 Å². The second-order valence-corrected chi connectivity index (χ2v) is 11.8. The molecule has 1 unspecified atom stereocenters. The van der Waals surface area contributed by atoms with Crippen molar-refractivity contribution >= 4 is 29.7 Å². The number of carbonyl (C=O) groups excluding carboxylic acids is 4. The molecule has 0 spiro atoms. The number of carbonyl (C=O) groups is 4. The van der Waals surface area contributed by atoms with Crippen LogP contribution in [0.25, 0.3) is 11.1 Å². The number of urea groups is 1. The van der Waals surface area contributed by atoms with Gasteiger partial charge in [0.05, 0.1) is 12.1 Å². The van der Waals surface area contributed by atoms with Crippen molar-refractivity contribution in [1.82, 2.24) is 21.4 Å². The van der Waals surface area contributed by atoms with Crippen LogP contribution in [0.1, 0.15) is 54.0 Å². The van der Waals surface area contributed by atoms with E-state index in [-0.39, 0.29) is 31.3 Å². The smallest absolute Gasteiger partial charge is 0.407 e. The van der Waals surface area contributed by atoms with Crippen LogP contribution in [0.3, 0.4) is 0 Å². The molecule has 1 aliphatic carbocycles. The van der Waals surface area contributed by atoms with Gasteiger partial charge in [-0.25, -0.2) is 15.0 Å². The van der Waals surface area contributed by atoms with E-state index in [1.165, 1.54) is 6.08 Å². The lowest BCUT2D eigenvalue weighted by Crippen LogP contribution is -2.50. The molecule has 0 bridgehead atoms. The van der Waals surface area contributed by atoms with Crippen LogP contribution in [0.15, 0.2) is 127 Å². The van der Waals surface area contributed by atoms with Gasteiger partial charge in [-0.05, 0) is 39.8 Å². The molecular weight excluding hydrogens is 646 g/mol. The highest BCUT2D eigenvalue weighted by Gasteiger charge is 2.31. The number of amides is 4. The summed E-state index contributed by atoms with van der Waals surface area (Å²) < 4.78 is 10.7. The normalized spacial score (nSPS) is 12.5. The van der Waals surface area contributed by atoms with E-state index in [4.69, 9.17) is 9.47 Å². The highest BCUT2D eigenvalue weighted by Crippen LogP contribution is 2.44. The number of nitrogens with one attached hydrogen (secondary N) is 4.